The Morgan fingerprint density at radius 1 is 0.806 bits per heavy atom. The molecule has 5 heteroatoms. The van der Waals surface area contributed by atoms with Gasteiger partial charge in [-0.1, -0.05) is 42.5 Å². The van der Waals surface area contributed by atoms with Gasteiger partial charge in [0.1, 0.15) is 11.5 Å². The Balaban J connectivity index is 1.33. The molecule has 1 aliphatic rings. The maximum Gasteiger partial charge on any atom is 0.225 e. The molecule has 1 aliphatic heterocycles. The number of thiophene rings is 1. The summed E-state index contributed by atoms with van der Waals surface area (Å²) in [5, 5.41) is 4.85. The van der Waals surface area contributed by atoms with Crippen LogP contribution < -0.4 is 10.1 Å². The smallest absolute Gasteiger partial charge is 0.225 e. The lowest BCUT2D eigenvalue weighted by molar-refractivity contribution is -0.116. The van der Waals surface area contributed by atoms with Gasteiger partial charge in [0.05, 0.1) is 4.88 Å². The number of nitrogens with one attached hydrogen (secondary N) is 1. The highest BCUT2D eigenvalue weighted by Gasteiger charge is 2.28. The third-order valence-corrected chi connectivity index (χ3v) is 6.24. The predicted octanol–water partition coefficient (Wildman–Crippen LogP) is 6.25. The number of anilines is 1. The van der Waals surface area contributed by atoms with E-state index in [1.807, 2.05) is 66.0 Å². The van der Waals surface area contributed by atoms with E-state index in [2.05, 4.69) is 5.32 Å². The van der Waals surface area contributed by atoms with Gasteiger partial charge >= 0.3 is 0 Å². The molecule has 4 nitrogen and oxygen atoms in total. The summed E-state index contributed by atoms with van der Waals surface area (Å²) in [6.45, 7) is 0. The lowest BCUT2D eigenvalue weighted by Gasteiger charge is -2.27. The number of ketones is 1. The van der Waals surface area contributed by atoms with Crippen LogP contribution in [0.3, 0.4) is 0 Å². The van der Waals surface area contributed by atoms with Gasteiger partial charge in [-0.2, -0.15) is 0 Å². The zero-order chi connectivity index (χ0) is 21.2. The molecule has 152 valence electrons. The second-order valence-electron chi connectivity index (χ2n) is 7.37. The fraction of sp³-hybridized carbons (Fsp3) is 0.0769. The number of fused-ring (bicyclic) bond motifs is 2. The molecule has 2 heterocycles. The summed E-state index contributed by atoms with van der Waals surface area (Å²) >= 11 is 1.42. The standard InChI is InChI=1S/C26H19NO3S/c28-25(27-18-13-11-17(12-14-18)26(29)24-10-5-15-31-24)16-21-19-6-1-3-8-22(19)30-23-9-4-2-7-20(21)23/h1-15,21H,16H2,(H,27,28). The van der Waals surface area contributed by atoms with E-state index in [0.29, 0.717) is 22.5 Å². The highest BCUT2D eigenvalue weighted by Crippen LogP contribution is 2.45. The first-order valence-corrected chi connectivity index (χ1v) is 10.9. The molecular formula is C26H19NO3S. The molecule has 0 fully saturated rings. The Morgan fingerprint density at radius 3 is 2.06 bits per heavy atom. The van der Waals surface area contributed by atoms with Gasteiger partial charge in [-0.05, 0) is 47.8 Å². The number of para-hydroxylation sites is 2. The second-order valence-corrected chi connectivity index (χ2v) is 8.31. The minimum Gasteiger partial charge on any atom is -0.457 e. The molecule has 0 spiro atoms. The van der Waals surface area contributed by atoms with E-state index in [9.17, 15) is 9.59 Å². The summed E-state index contributed by atoms with van der Waals surface area (Å²) in [7, 11) is 0. The van der Waals surface area contributed by atoms with Gasteiger partial charge in [-0.15, -0.1) is 11.3 Å². The first kappa shape index (κ1) is 19.3. The van der Waals surface area contributed by atoms with Crippen molar-refractivity contribution >= 4 is 28.7 Å². The van der Waals surface area contributed by atoms with Gasteiger partial charge in [-0.3, -0.25) is 9.59 Å². The van der Waals surface area contributed by atoms with Crippen LogP contribution >= 0.6 is 11.3 Å². The molecule has 0 bridgehead atoms. The van der Waals surface area contributed by atoms with Crippen LogP contribution in [0.2, 0.25) is 0 Å². The zero-order valence-electron chi connectivity index (χ0n) is 16.6. The van der Waals surface area contributed by atoms with Gasteiger partial charge in [-0.25, -0.2) is 0 Å². The first-order chi connectivity index (χ1) is 15.2. The number of hydrogen-bond acceptors (Lipinski definition) is 4. The first-order valence-electron chi connectivity index (χ1n) is 10.0. The van der Waals surface area contributed by atoms with Crippen molar-refractivity contribution in [1.29, 1.82) is 0 Å². The number of rotatable bonds is 5. The quantitative estimate of drug-likeness (QED) is 0.385. The van der Waals surface area contributed by atoms with E-state index in [1.165, 1.54) is 11.3 Å². The van der Waals surface area contributed by atoms with Gasteiger partial charge in [0.15, 0.2) is 0 Å². The van der Waals surface area contributed by atoms with Crippen molar-refractivity contribution < 1.29 is 14.3 Å². The van der Waals surface area contributed by atoms with Gasteiger partial charge in [0.2, 0.25) is 11.7 Å². The maximum absolute atomic E-state index is 12.9. The Labute approximate surface area is 184 Å². The number of benzene rings is 3. The molecule has 1 amide bonds. The number of hydrogen-bond donors (Lipinski definition) is 1. The Bertz CT molecular complexity index is 1200. The molecule has 5 rings (SSSR count). The molecule has 4 aromatic rings. The van der Waals surface area contributed by atoms with Crippen LogP contribution in [0.5, 0.6) is 11.5 Å². The summed E-state index contributed by atoms with van der Waals surface area (Å²) < 4.78 is 6.01. The highest BCUT2D eigenvalue weighted by molar-refractivity contribution is 7.12. The molecule has 0 aliphatic carbocycles. The molecular weight excluding hydrogens is 406 g/mol. The summed E-state index contributed by atoms with van der Waals surface area (Å²) in [6.07, 6.45) is 0.299. The van der Waals surface area contributed by atoms with Gasteiger partial charge in [0.25, 0.3) is 0 Å². The van der Waals surface area contributed by atoms with Crippen LogP contribution in [0.1, 0.15) is 38.7 Å². The van der Waals surface area contributed by atoms with Crippen LogP contribution in [0.4, 0.5) is 5.69 Å². The lowest BCUT2D eigenvalue weighted by atomic mass is 9.85. The monoisotopic (exact) mass is 425 g/mol. The van der Waals surface area contributed by atoms with E-state index in [-0.39, 0.29) is 17.6 Å². The Hall–Kier alpha value is -3.70. The molecule has 31 heavy (non-hydrogen) atoms. The summed E-state index contributed by atoms with van der Waals surface area (Å²) in [6, 6.07) is 26.4. The van der Waals surface area contributed by atoms with Crippen molar-refractivity contribution in [3.8, 4) is 11.5 Å². The van der Waals surface area contributed by atoms with Crippen LogP contribution in [-0.2, 0) is 4.79 Å². The van der Waals surface area contributed by atoms with E-state index in [1.54, 1.807) is 24.3 Å². The number of ether oxygens (including phenoxy) is 1. The number of carbonyl (C=O) groups excluding carboxylic acids is 2. The molecule has 1 aromatic heterocycles. The van der Waals surface area contributed by atoms with Crippen molar-refractivity contribution in [2.45, 2.75) is 12.3 Å². The average Bonchev–Trinajstić information content (AvgIpc) is 3.34. The van der Waals surface area contributed by atoms with E-state index in [0.717, 1.165) is 22.6 Å². The van der Waals surface area contributed by atoms with Crippen molar-refractivity contribution in [2.24, 2.45) is 0 Å². The van der Waals surface area contributed by atoms with Gasteiger partial charge < -0.3 is 10.1 Å². The summed E-state index contributed by atoms with van der Waals surface area (Å²) in [5.74, 6) is 1.39. The highest BCUT2D eigenvalue weighted by atomic mass is 32.1. The fourth-order valence-corrected chi connectivity index (χ4v) is 4.57. The van der Waals surface area contributed by atoms with E-state index >= 15 is 0 Å². The van der Waals surface area contributed by atoms with Crippen molar-refractivity contribution in [1.82, 2.24) is 0 Å². The third kappa shape index (κ3) is 3.88. The van der Waals surface area contributed by atoms with Crippen molar-refractivity contribution in [3.05, 3.63) is 112 Å². The van der Waals surface area contributed by atoms with Crippen LogP contribution in [0.25, 0.3) is 0 Å². The lowest BCUT2D eigenvalue weighted by Crippen LogP contribution is -2.19. The molecule has 0 saturated carbocycles. The largest absolute Gasteiger partial charge is 0.457 e. The molecule has 0 saturated heterocycles. The predicted molar refractivity (Wildman–Crippen MR) is 122 cm³/mol. The Morgan fingerprint density at radius 2 is 1.45 bits per heavy atom. The number of amides is 1. The fourth-order valence-electron chi connectivity index (χ4n) is 3.88. The minimum absolute atomic E-state index is 0.0108. The Kier molecular flexibility index (Phi) is 5.10. The molecule has 0 radical (unpaired) electrons. The summed E-state index contributed by atoms with van der Waals surface area (Å²) in [5.41, 5.74) is 3.29. The summed E-state index contributed by atoms with van der Waals surface area (Å²) in [4.78, 5) is 26.0. The van der Waals surface area contributed by atoms with Crippen LogP contribution in [-0.4, -0.2) is 11.7 Å². The maximum atomic E-state index is 12.9. The molecule has 0 atom stereocenters. The molecule has 3 aromatic carbocycles. The third-order valence-electron chi connectivity index (χ3n) is 5.37. The van der Waals surface area contributed by atoms with Crippen molar-refractivity contribution in [3.63, 3.8) is 0 Å². The average molecular weight is 426 g/mol. The van der Waals surface area contributed by atoms with E-state index < -0.39 is 0 Å². The normalized spacial score (nSPS) is 12.4. The second kappa shape index (κ2) is 8.20. The topological polar surface area (TPSA) is 55.4 Å². The molecule has 1 N–H and O–H groups in total. The van der Waals surface area contributed by atoms with Crippen molar-refractivity contribution in [2.75, 3.05) is 5.32 Å². The van der Waals surface area contributed by atoms with Crippen LogP contribution in [0, 0.1) is 0 Å². The van der Waals surface area contributed by atoms with Crippen LogP contribution in [0.15, 0.2) is 90.3 Å². The van der Waals surface area contributed by atoms with E-state index in [4.69, 9.17) is 4.74 Å². The number of carbonyl (C=O) groups is 2. The SMILES string of the molecule is O=C(CC1c2ccccc2Oc2ccccc21)Nc1ccc(C(=O)c2cccs2)cc1. The molecule has 0 unspecified atom stereocenters. The van der Waals surface area contributed by atoms with Gasteiger partial charge in [0, 0.05) is 34.7 Å². The zero-order valence-corrected chi connectivity index (χ0v) is 17.4. The minimum atomic E-state index is -0.0890.